The molecule has 2 aromatic rings. The summed E-state index contributed by atoms with van der Waals surface area (Å²) in [6.07, 6.45) is 0.724. The summed E-state index contributed by atoms with van der Waals surface area (Å²) < 4.78 is 17.0. The highest BCUT2D eigenvalue weighted by Crippen LogP contribution is 2.36. The van der Waals surface area contributed by atoms with Crippen LogP contribution in [0.5, 0.6) is 17.2 Å². The van der Waals surface area contributed by atoms with Crippen molar-refractivity contribution in [3.63, 3.8) is 0 Å². The monoisotopic (exact) mass is 348 g/mol. The molecule has 0 aliphatic rings. The molecule has 0 saturated heterocycles. The van der Waals surface area contributed by atoms with Crippen LogP contribution in [0.1, 0.15) is 28.4 Å². The van der Waals surface area contributed by atoms with Gasteiger partial charge in [0.05, 0.1) is 11.6 Å². The maximum absolute atomic E-state index is 10.9. The van der Waals surface area contributed by atoms with Gasteiger partial charge < -0.3 is 14.2 Å². The van der Waals surface area contributed by atoms with E-state index in [-0.39, 0.29) is 0 Å². The molecule has 0 radical (unpaired) electrons. The zero-order chi connectivity index (χ0) is 17.5. The first-order valence-electron chi connectivity index (χ1n) is 7.80. The van der Waals surface area contributed by atoms with E-state index in [2.05, 4.69) is 0 Å². The molecule has 0 aromatic heterocycles. The van der Waals surface area contributed by atoms with Gasteiger partial charge in [0.1, 0.15) is 25.2 Å². The van der Waals surface area contributed by atoms with Crippen LogP contribution in [-0.2, 0) is 0 Å². The summed E-state index contributed by atoms with van der Waals surface area (Å²) in [6, 6.07) is 9.10. The molecule has 0 fully saturated rings. The molecule has 0 saturated carbocycles. The molecular weight excluding hydrogens is 328 g/mol. The van der Waals surface area contributed by atoms with Gasteiger partial charge in [0.15, 0.2) is 11.5 Å². The van der Waals surface area contributed by atoms with Crippen molar-refractivity contribution in [2.45, 2.75) is 20.8 Å². The van der Waals surface area contributed by atoms with Crippen molar-refractivity contribution in [3.8, 4) is 17.2 Å². The van der Waals surface area contributed by atoms with Crippen molar-refractivity contribution in [2.75, 3.05) is 19.8 Å². The molecule has 0 N–H and O–H groups in total. The summed E-state index contributed by atoms with van der Waals surface area (Å²) in [5.41, 5.74) is 2.74. The van der Waals surface area contributed by atoms with Crippen LogP contribution in [0, 0.1) is 13.8 Å². The van der Waals surface area contributed by atoms with Gasteiger partial charge in [-0.25, -0.2) is 0 Å². The highest BCUT2D eigenvalue weighted by Gasteiger charge is 2.12. The zero-order valence-corrected chi connectivity index (χ0v) is 14.9. The Labute approximate surface area is 147 Å². The van der Waals surface area contributed by atoms with Crippen molar-refractivity contribution >= 4 is 17.9 Å². The summed E-state index contributed by atoms with van der Waals surface area (Å²) in [6.45, 7) is 7.06. The standard InChI is InChI=1S/C19H21ClO4/c1-4-22-18-11-15(12-21)10-16(20)19(18)24-9-8-23-17-7-5-6-13(2)14(17)3/h5-7,10-12H,4,8-9H2,1-3H3. The van der Waals surface area contributed by atoms with E-state index in [1.165, 1.54) is 5.56 Å². The summed E-state index contributed by atoms with van der Waals surface area (Å²) in [5.74, 6) is 1.72. The Morgan fingerprint density at radius 1 is 1.04 bits per heavy atom. The number of carbonyl (C=O) groups is 1. The maximum atomic E-state index is 10.9. The number of benzene rings is 2. The predicted octanol–water partition coefficient (Wildman–Crippen LogP) is 4.63. The van der Waals surface area contributed by atoms with Gasteiger partial charge in [-0.1, -0.05) is 23.7 Å². The Bertz CT molecular complexity index is 713. The van der Waals surface area contributed by atoms with E-state index >= 15 is 0 Å². The van der Waals surface area contributed by atoms with Crippen molar-refractivity contribution in [2.24, 2.45) is 0 Å². The second-order valence-electron chi connectivity index (χ2n) is 5.28. The van der Waals surface area contributed by atoms with Crippen molar-refractivity contribution in [1.29, 1.82) is 0 Å². The van der Waals surface area contributed by atoms with E-state index < -0.39 is 0 Å². The average molecular weight is 349 g/mol. The fourth-order valence-corrected chi connectivity index (χ4v) is 2.51. The number of hydrogen-bond acceptors (Lipinski definition) is 4. The lowest BCUT2D eigenvalue weighted by Gasteiger charge is -2.15. The van der Waals surface area contributed by atoms with Crippen LogP contribution < -0.4 is 14.2 Å². The van der Waals surface area contributed by atoms with Gasteiger partial charge in [0, 0.05) is 5.56 Å². The third kappa shape index (κ3) is 4.42. The molecular formula is C19H21ClO4. The van der Waals surface area contributed by atoms with Gasteiger partial charge >= 0.3 is 0 Å². The normalized spacial score (nSPS) is 10.3. The molecule has 24 heavy (non-hydrogen) atoms. The smallest absolute Gasteiger partial charge is 0.179 e. The molecule has 0 unspecified atom stereocenters. The maximum Gasteiger partial charge on any atom is 0.179 e. The first-order chi connectivity index (χ1) is 11.6. The molecule has 0 aliphatic heterocycles. The van der Waals surface area contributed by atoms with Gasteiger partial charge in [0.2, 0.25) is 0 Å². The fourth-order valence-electron chi connectivity index (χ4n) is 2.23. The molecule has 5 heteroatoms. The molecule has 2 rings (SSSR count). The van der Waals surface area contributed by atoms with Crippen LogP contribution in [0.15, 0.2) is 30.3 Å². The lowest BCUT2D eigenvalue weighted by atomic mass is 10.1. The van der Waals surface area contributed by atoms with Crippen molar-refractivity contribution < 1.29 is 19.0 Å². The molecule has 2 aromatic carbocycles. The van der Waals surface area contributed by atoms with E-state index in [1.54, 1.807) is 12.1 Å². The number of carbonyl (C=O) groups excluding carboxylic acids is 1. The zero-order valence-electron chi connectivity index (χ0n) is 14.1. The van der Waals surface area contributed by atoms with Crippen molar-refractivity contribution in [3.05, 3.63) is 52.0 Å². The van der Waals surface area contributed by atoms with E-state index in [0.717, 1.165) is 17.6 Å². The van der Waals surface area contributed by atoms with Crippen LogP contribution >= 0.6 is 11.6 Å². The Balaban J connectivity index is 2.01. The molecule has 0 aliphatic carbocycles. The minimum absolute atomic E-state index is 0.313. The average Bonchev–Trinajstić information content (AvgIpc) is 2.57. The van der Waals surface area contributed by atoms with Crippen LogP contribution in [0.25, 0.3) is 0 Å². The minimum Gasteiger partial charge on any atom is -0.490 e. The number of rotatable bonds is 8. The number of halogens is 1. The number of ether oxygens (including phenoxy) is 3. The molecule has 0 bridgehead atoms. The van der Waals surface area contributed by atoms with E-state index in [4.69, 9.17) is 25.8 Å². The Morgan fingerprint density at radius 3 is 2.50 bits per heavy atom. The highest BCUT2D eigenvalue weighted by atomic mass is 35.5. The molecule has 4 nitrogen and oxygen atoms in total. The lowest BCUT2D eigenvalue weighted by molar-refractivity contribution is 0.112. The minimum atomic E-state index is 0.313. The number of aldehydes is 1. The number of hydrogen-bond donors (Lipinski definition) is 0. The number of aryl methyl sites for hydroxylation is 1. The summed E-state index contributed by atoms with van der Waals surface area (Å²) in [5, 5.41) is 0.342. The van der Waals surface area contributed by atoms with Gasteiger partial charge in [-0.2, -0.15) is 0 Å². The third-order valence-electron chi connectivity index (χ3n) is 3.61. The van der Waals surface area contributed by atoms with E-state index in [1.807, 2.05) is 39.0 Å². The third-order valence-corrected chi connectivity index (χ3v) is 3.89. The van der Waals surface area contributed by atoms with Crippen LogP contribution in [-0.4, -0.2) is 26.1 Å². The lowest BCUT2D eigenvalue weighted by Crippen LogP contribution is -2.11. The largest absolute Gasteiger partial charge is 0.490 e. The first kappa shape index (κ1) is 18.1. The van der Waals surface area contributed by atoms with Gasteiger partial charge in [-0.3, -0.25) is 4.79 Å². The highest BCUT2D eigenvalue weighted by molar-refractivity contribution is 6.32. The topological polar surface area (TPSA) is 44.8 Å². The molecule has 0 heterocycles. The van der Waals surface area contributed by atoms with Crippen LogP contribution in [0.4, 0.5) is 0 Å². The predicted molar refractivity (Wildman–Crippen MR) is 94.9 cm³/mol. The summed E-state index contributed by atoms with van der Waals surface area (Å²) in [7, 11) is 0. The van der Waals surface area contributed by atoms with Gasteiger partial charge in [-0.15, -0.1) is 0 Å². The van der Waals surface area contributed by atoms with Crippen LogP contribution in [0.2, 0.25) is 5.02 Å². The fraction of sp³-hybridized carbons (Fsp3) is 0.316. The van der Waals surface area contributed by atoms with Gasteiger partial charge in [-0.05, 0) is 50.1 Å². The SMILES string of the molecule is CCOc1cc(C=O)cc(Cl)c1OCCOc1cccc(C)c1C. The van der Waals surface area contributed by atoms with Crippen LogP contribution in [0.3, 0.4) is 0 Å². The van der Waals surface area contributed by atoms with Gasteiger partial charge in [0.25, 0.3) is 0 Å². The van der Waals surface area contributed by atoms with E-state index in [0.29, 0.717) is 41.9 Å². The summed E-state index contributed by atoms with van der Waals surface area (Å²) >= 11 is 6.19. The molecule has 0 atom stereocenters. The Hall–Kier alpha value is -2.20. The Morgan fingerprint density at radius 2 is 1.79 bits per heavy atom. The second kappa shape index (κ2) is 8.60. The first-order valence-corrected chi connectivity index (χ1v) is 8.18. The quantitative estimate of drug-likeness (QED) is 0.515. The summed E-state index contributed by atoms with van der Waals surface area (Å²) in [4.78, 5) is 10.9. The Kier molecular flexibility index (Phi) is 6.50. The van der Waals surface area contributed by atoms with E-state index in [9.17, 15) is 4.79 Å². The van der Waals surface area contributed by atoms with Crippen molar-refractivity contribution in [1.82, 2.24) is 0 Å². The molecule has 0 spiro atoms. The molecule has 0 amide bonds. The molecule has 128 valence electrons. The second-order valence-corrected chi connectivity index (χ2v) is 5.68.